The lowest BCUT2D eigenvalue weighted by Crippen LogP contribution is -2.37. The molecule has 0 amide bonds. The van der Waals surface area contributed by atoms with Crippen LogP contribution in [0.1, 0.15) is 25.7 Å². The first-order valence-electron chi connectivity index (χ1n) is 11.0. The molecule has 0 spiro atoms. The molecule has 1 aliphatic rings. The van der Waals surface area contributed by atoms with Crippen LogP contribution in [-0.4, -0.2) is 43.9 Å². The molecule has 0 aliphatic carbocycles. The minimum absolute atomic E-state index is 0.0556. The molecule has 1 saturated heterocycles. The van der Waals surface area contributed by atoms with Gasteiger partial charge in [0.25, 0.3) is 5.56 Å². The van der Waals surface area contributed by atoms with Crippen molar-refractivity contribution in [3.8, 4) is 22.5 Å². The minimum atomic E-state index is -0.0556. The van der Waals surface area contributed by atoms with Gasteiger partial charge in [-0.3, -0.25) is 4.79 Å². The lowest BCUT2D eigenvalue weighted by atomic mass is 10.0. The SMILES string of the molecule is CN1CCCCC1CCn1nc(-c2c(-c3ccccc3)nn3ccccc23)ccc1=O. The van der Waals surface area contributed by atoms with E-state index in [9.17, 15) is 4.79 Å². The quantitative estimate of drug-likeness (QED) is 0.494. The van der Waals surface area contributed by atoms with E-state index in [2.05, 4.69) is 24.1 Å². The molecule has 5 rings (SSSR count). The van der Waals surface area contributed by atoms with Crippen LogP contribution < -0.4 is 5.56 Å². The maximum atomic E-state index is 12.6. The topological polar surface area (TPSA) is 55.4 Å². The third-order valence-electron chi connectivity index (χ3n) is 6.31. The van der Waals surface area contributed by atoms with Gasteiger partial charge in [0.15, 0.2) is 0 Å². The number of aryl methyl sites for hydroxylation is 1. The summed E-state index contributed by atoms with van der Waals surface area (Å²) in [5.41, 5.74) is 4.55. The molecular formula is C25H27N5O. The zero-order valence-corrected chi connectivity index (χ0v) is 17.8. The Balaban J connectivity index is 1.55. The summed E-state index contributed by atoms with van der Waals surface area (Å²) in [5.74, 6) is 0. The molecular weight excluding hydrogens is 386 g/mol. The Bertz CT molecular complexity index is 1240. The van der Waals surface area contributed by atoms with Crippen LogP contribution in [0.2, 0.25) is 0 Å². The molecule has 0 bridgehead atoms. The van der Waals surface area contributed by atoms with Crippen molar-refractivity contribution in [2.45, 2.75) is 38.3 Å². The fraction of sp³-hybridized carbons (Fsp3) is 0.320. The number of fused-ring (bicyclic) bond motifs is 1. The van der Waals surface area contributed by atoms with Crippen LogP contribution in [0.15, 0.2) is 71.7 Å². The largest absolute Gasteiger partial charge is 0.303 e. The average Bonchev–Trinajstić information content (AvgIpc) is 3.20. The second-order valence-corrected chi connectivity index (χ2v) is 8.32. The molecule has 3 aromatic heterocycles. The highest BCUT2D eigenvalue weighted by atomic mass is 16.1. The summed E-state index contributed by atoms with van der Waals surface area (Å²) in [5, 5.41) is 9.62. The normalized spacial score (nSPS) is 17.3. The van der Waals surface area contributed by atoms with E-state index in [-0.39, 0.29) is 5.56 Å². The van der Waals surface area contributed by atoms with Crippen LogP contribution in [0.4, 0.5) is 0 Å². The van der Waals surface area contributed by atoms with Gasteiger partial charge in [-0.15, -0.1) is 0 Å². The number of rotatable bonds is 5. The van der Waals surface area contributed by atoms with Gasteiger partial charge in [-0.25, -0.2) is 9.20 Å². The third kappa shape index (κ3) is 3.91. The molecule has 6 heteroatoms. The number of benzene rings is 1. The van der Waals surface area contributed by atoms with E-state index in [1.807, 2.05) is 53.2 Å². The number of aromatic nitrogens is 4. The number of nitrogens with zero attached hydrogens (tertiary/aromatic N) is 5. The van der Waals surface area contributed by atoms with Crippen molar-refractivity contribution in [2.24, 2.45) is 0 Å². The molecule has 1 aromatic carbocycles. The van der Waals surface area contributed by atoms with Gasteiger partial charge in [-0.1, -0.05) is 42.8 Å². The van der Waals surface area contributed by atoms with E-state index in [1.165, 1.54) is 19.3 Å². The predicted octanol–water partition coefficient (Wildman–Crippen LogP) is 4.10. The molecule has 1 unspecified atom stereocenters. The lowest BCUT2D eigenvalue weighted by Gasteiger charge is -2.32. The van der Waals surface area contributed by atoms with Crippen LogP contribution in [0.5, 0.6) is 0 Å². The Morgan fingerprint density at radius 2 is 1.81 bits per heavy atom. The van der Waals surface area contributed by atoms with E-state index in [0.29, 0.717) is 12.6 Å². The van der Waals surface area contributed by atoms with Crippen LogP contribution in [0.3, 0.4) is 0 Å². The molecule has 0 N–H and O–H groups in total. The van der Waals surface area contributed by atoms with Gasteiger partial charge in [-0.2, -0.15) is 10.2 Å². The van der Waals surface area contributed by atoms with E-state index >= 15 is 0 Å². The number of hydrogen-bond acceptors (Lipinski definition) is 4. The van der Waals surface area contributed by atoms with E-state index in [1.54, 1.807) is 10.7 Å². The summed E-state index contributed by atoms with van der Waals surface area (Å²) in [6, 6.07) is 20.1. The number of piperidine rings is 1. The first-order chi connectivity index (χ1) is 15.2. The van der Waals surface area contributed by atoms with Crippen LogP contribution >= 0.6 is 0 Å². The van der Waals surface area contributed by atoms with Gasteiger partial charge in [0.05, 0.1) is 16.8 Å². The second kappa shape index (κ2) is 8.47. The summed E-state index contributed by atoms with van der Waals surface area (Å²) in [7, 11) is 2.18. The van der Waals surface area contributed by atoms with Crippen molar-refractivity contribution in [1.29, 1.82) is 0 Å². The van der Waals surface area contributed by atoms with Crippen LogP contribution in [-0.2, 0) is 6.54 Å². The first kappa shape index (κ1) is 19.7. The summed E-state index contributed by atoms with van der Waals surface area (Å²) >= 11 is 0. The van der Waals surface area contributed by atoms with Gasteiger partial charge in [0, 0.05) is 30.4 Å². The van der Waals surface area contributed by atoms with Gasteiger partial charge >= 0.3 is 0 Å². The van der Waals surface area contributed by atoms with Gasteiger partial charge in [-0.05, 0) is 51.1 Å². The van der Waals surface area contributed by atoms with Crippen molar-refractivity contribution < 1.29 is 0 Å². The van der Waals surface area contributed by atoms with Crippen molar-refractivity contribution in [1.82, 2.24) is 24.3 Å². The molecule has 6 nitrogen and oxygen atoms in total. The number of likely N-dealkylation sites (tertiary alicyclic amines) is 1. The number of pyridine rings is 1. The van der Waals surface area contributed by atoms with Crippen molar-refractivity contribution in [2.75, 3.05) is 13.6 Å². The molecule has 4 heterocycles. The Morgan fingerprint density at radius 3 is 2.65 bits per heavy atom. The molecule has 4 aromatic rings. The van der Waals surface area contributed by atoms with Crippen molar-refractivity contribution in [3.05, 3.63) is 77.2 Å². The van der Waals surface area contributed by atoms with E-state index < -0.39 is 0 Å². The van der Waals surface area contributed by atoms with Crippen molar-refractivity contribution in [3.63, 3.8) is 0 Å². The highest BCUT2D eigenvalue weighted by Gasteiger charge is 2.20. The first-order valence-corrected chi connectivity index (χ1v) is 11.0. The smallest absolute Gasteiger partial charge is 0.266 e. The molecule has 1 fully saturated rings. The maximum Gasteiger partial charge on any atom is 0.266 e. The fourth-order valence-electron chi connectivity index (χ4n) is 4.57. The average molecular weight is 414 g/mol. The van der Waals surface area contributed by atoms with Crippen molar-refractivity contribution >= 4 is 5.52 Å². The minimum Gasteiger partial charge on any atom is -0.303 e. The molecule has 158 valence electrons. The Morgan fingerprint density at radius 1 is 0.968 bits per heavy atom. The molecule has 1 aliphatic heterocycles. The van der Waals surface area contributed by atoms with E-state index in [0.717, 1.165) is 41.0 Å². The summed E-state index contributed by atoms with van der Waals surface area (Å²) in [6.45, 7) is 1.76. The standard InChI is InChI=1S/C25H27N5O/c1-28-16-7-5-11-20(28)15-18-30-23(31)14-13-21(26-30)24-22-12-6-8-17-29(22)27-25(24)19-9-3-2-4-10-19/h2-4,6,8-10,12-14,17,20H,5,7,11,15-16,18H2,1H3. The fourth-order valence-corrected chi connectivity index (χ4v) is 4.57. The Hall–Kier alpha value is -3.25. The van der Waals surface area contributed by atoms with Gasteiger partial charge < -0.3 is 4.90 Å². The summed E-state index contributed by atoms with van der Waals surface area (Å²) in [6.07, 6.45) is 6.60. The Kier molecular flexibility index (Phi) is 5.38. The van der Waals surface area contributed by atoms with Gasteiger partial charge in [0.1, 0.15) is 5.69 Å². The summed E-state index contributed by atoms with van der Waals surface area (Å²) in [4.78, 5) is 15.0. The van der Waals surface area contributed by atoms with Crippen LogP contribution in [0.25, 0.3) is 28.0 Å². The third-order valence-corrected chi connectivity index (χ3v) is 6.31. The maximum absolute atomic E-state index is 12.6. The second-order valence-electron chi connectivity index (χ2n) is 8.32. The summed E-state index contributed by atoms with van der Waals surface area (Å²) < 4.78 is 3.50. The highest BCUT2D eigenvalue weighted by molar-refractivity contribution is 5.90. The van der Waals surface area contributed by atoms with Gasteiger partial charge in [0.2, 0.25) is 0 Å². The predicted molar refractivity (Wildman–Crippen MR) is 123 cm³/mol. The monoisotopic (exact) mass is 413 g/mol. The highest BCUT2D eigenvalue weighted by Crippen LogP contribution is 2.33. The lowest BCUT2D eigenvalue weighted by molar-refractivity contribution is 0.169. The molecule has 1 atom stereocenters. The molecule has 0 radical (unpaired) electrons. The number of hydrogen-bond donors (Lipinski definition) is 0. The molecule has 0 saturated carbocycles. The zero-order chi connectivity index (χ0) is 21.2. The van der Waals surface area contributed by atoms with E-state index in [4.69, 9.17) is 10.2 Å². The molecule has 31 heavy (non-hydrogen) atoms. The Labute approximate surface area is 181 Å². The zero-order valence-electron chi connectivity index (χ0n) is 17.8. The van der Waals surface area contributed by atoms with Crippen LogP contribution in [0, 0.1) is 0 Å².